The van der Waals surface area contributed by atoms with Crippen LogP contribution in [0.1, 0.15) is 187 Å². The zero-order chi connectivity index (χ0) is 44.7. The molecular weight excluding hydrogens is 787 g/mol. The van der Waals surface area contributed by atoms with Crippen LogP contribution >= 0.6 is 0 Å². The van der Waals surface area contributed by atoms with Crippen LogP contribution in [0.2, 0.25) is 0 Å². The van der Waals surface area contributed by atoms with E-state index in [2.05, 4.69) is 19.2 Å². The molecule has 0 radical (unpaired) electrons. The number of ether oxygens (including phenoxy) is 4. The van der Waals surface area contributed by atoms with Gasteiger partial charge < -0.3 is 65.1 Å². The first-order valence-corrected chi connectivity index (χ1v) is 24.4. The molecule has 12 unspecified atom stereocenters. The average molecular weight is 876 g/mol. The van der Waals surface area contributed by atoms with Crippen molar-refractivity contribution >= 4 is 5.91 Å². The molecule has 0 aliphatic carbocycles. The smallest absolute Gasteiger partial charge is 0.220 e. The summed E-state index contributed by atoms with van der Waals surface area (Å²) >= 11 is 0. The van der Waals surface area contributed by atoms with E-state index in [1.54, 1.807) is 6.08 Å². The summed E-state index contributed by atoms with van der Waals surface area (Å²) in [6.07, 6.45) is 18.6. The van der Waals surface area contributed by atoms with Crippen LogP contribution in [0.3, 0.4) is 0 Å². The quantitative estimate of drug-likeness (QED) is 0.0274. The molecule has 360 valence electrons. The molecule has 0 aromatic carbocycles. The van der Waals surface area contributed by atoms with Crippen molar-refractivity contribution in [1.29, 1.82) is 0 Å². The van der Waals surface area contributed by atoms with Crippen molar-refractivity contribution in [2.75, 3.05) is 19.8 Å². The van der Waals surface area contributed by atoms with Gasteiger partial charge in [0, 0.05) is 6.42 Å². The largest absolute Gasteiger partial charge is 0.394 e. The standard InChI is InChI=1S/C47H89NO13/c1-3-5-7-9-11-12-13-14-15-16-17-18-19-20-21-22-23-25-26-28-30-36(51)35(48-39(52)31-29-27-24-10-8-6-4-2)34-58-46-44(57)42(55)45(38(33-50)60-46)61-47-43(56)41(54)40(53)37(32-49)59-47/h28,30,35-38,40-47,49-51,53-57H,3-27,29,31-34H2,1-2H3,(H,48,52)/b30-28+. The second-order valence-corrected chi connectivity index (χ2v) is 17.6. The molecule has 0 spiro atoms. The van der Waals surface area contributed by atoms with E-state index < -0.39 is 86.8 Å². The second-order valence-electron chi connectivity index (χ2n) is 17.6. The monoisotopic (exact) mass is 876 g/mol. The number of aliphatic hydroxyl groups is 8. The molecule has 1 amide bonds. The number of carbonyl (C=O) groups excluding carboxylic acids is 1. The Morgan fingerprint density at radius 3 is 1.51 bits per heavy atom. The Balaban J connectivity index is 1.80. The van der Waals surface area contributed by atoms with Crippen molar-refractivity contribution in [3.05, 3.63) is 12.2 Å². The van der Waals surface area contributed by atoms with E-state index in [0.29, 0.717) is 6.42 Å². The Morgan fingerprint density at radius 1 is 0.574 bits per heavy atom. The molecule has 14 nitrogen and oxygen atoms in total. The van der Waals surface area contributed by atoms with Gasteiger partial charge in [-0.25, -0.2) is 0 Å². The lowest BCUT2D eigenvalue weighted by Gasteiger charge is -2.46. The highest BCUT2D eigenvalue weighted by atomic mass is 16.7. The van der Waals surface area contributed by atoms with E-state index in [-0.39, 0.29) is 18.9 Å². The summed E-state index contributed by atoms with van der Waals surface area (Å²) in [6.45, 7) is 2.73. The summed E-state index contributed by atoms with van der Waals surface area (Å²) in [4.78, 5) is 13.0. The lowest BCUT2D eigenvalue weighted by Crippen LogP contribution is -2.65. The van der Waals surface area contributed by atoms with E-state index in [9.17, 15) is 45.6 Å². The van der Waals surface area contributed by atoms with Crippen LogP contribution < -0.4 is 5.32 Å². The van der Waals surface area contributed by atoms with Gasteiger partial charge in [0.25, 0.3) is 0 Å². The Kier molecular flexibility index (Phi) is 32.1. The molecule has 12 atom stereocenters. The van der Waals surface area contributed by atoms with Crippen molar-refractivity contribution in [2.24, 2.45) is 0 Å². The molecule has 0 bridgehead atoms. The fourth-order valence-electron chi connectivity index (χ4n) is 8.17. The Labute approximate surface area is 367 Å². The minimum absolute atomic E-state index is 0.246. The molecule has 14 heteroatoms. The van der Waals surface area contributed by atoms with E-state index in [0.717, 1.165) is 38.5 Å². The molecule has 0 saturated carbocycles. The van der Waals surface area contributed by atoms with Gasteiger partial charge in [0.2, 0.25) is 5.91 Å². The van der Waals surface area contributed by atoms with Gasteiger partial charge in [-0.15, -0.1) is 0 Å². The first-order chi connectivity index (χ1) is 29.6. The van der Waals surface area contributed by atoms with Crippen LogP contribution in [0.15, 0.2) is 12.2 Å². The van der Waals surface area contributed by atoms with Crippen molar-refractivity contribution in [2.45, 2.75) is 261 Å². The maximum Gasteiger partial charge on any atom is 0.220 e. The van der Waals surface area contributed by atoms with E-state index in [4.69, 9.17) is 18.9 Å². The van der Waals surface area contributed by atoms with Crippen LogP contribution in [0, 0.1) is 0 Å². The van der Waals surface area contributed by atoms with E-state index >= 15 is 0 Å². The van der Waals surface area contributed by atoms with Gasteiger partial charge >= 0.3 is 0 Å². The van der Waals surface area contributed by atoms with Gasteiger partial charge in [-0.05, 0) is 19.3 Å². The molecule has 2 heterocycles. The third kappa shape index (κ3) is 23.0. The van der Waals surface area contributed by atoms with Crippen LogP contribution in [0.4, 0.5) is 0 Å². The number of amides is 1. The third-order valence-electron chi connectivity index (χ3n) is 12.2. The van der Waals surface area contributed by atoms with Crippen LogP contribution in [-0.4, -0.2) is 140 Å². The first kappa shape index (κ1) is 55.9. The highest BCUT2D eigenvalue weighted by molar-refractivity contribution is 5.76. The molecule has 61 heavy (non-hydrogen) atoms. The first-order valence-electron chi connectivity index (χ1n) is 24.4. The van der Waals surface area contributed by atoms with E-state index in [1.165, 1.54) is 122 Å². The minimum Gasteiger partial charge on any atom is -0.394 e. The van der Waals surface area contributed by atoms with Crippen molar-refractivity contribution < 1.29 is 64.6 Å². The molecular formula is C47H89NO13. The number of hydrogen-bond donors (Lipinski definition) is 9. The summed E-state index contributed by atoms with van der Waals surface area (Å²) in [5.41, 5.74) is 0. The van der Waals surface area contributed by atoms with Crippen LogP contribution in [-0.2, 0) is 23.7 Å². The van der Waals surface area contributed by atoms with Gasteiger partial charge in [0.1, 0.15) is 48.8 Å². The number of rotatable bonds is 37. The summed E-state index contributed by atoms with van der Waals surface area (Å²) in [6, 6.07) is -0.905. The Hall–Kier alpha value is -1.27. The molecule has 2 aliphatic rings. The highest BCUT2D eigenvalue weighted by Gasteiger charge is 2.51. The van der Waals surface area contributed by atoms with Crippen molar-refractivity contribution in [3.63, 3.8) is 0 Å². The van der Waals surface area contributed by atoms with Crippen molar-refractivity contribution in [1.82, 2.24) is 5.32 Å². The zero-order valence-corrected chi connectivity index (χ0v) is 37.9. The minimum atomic E-state index is -1.78. The molecule has 0 aromatic heterocycles. The summed E-state index contributed by atoms with van der Waals surface area (Å²) in [7, 11) is 0. The SMILES string of the molecule is CCCCCCCCCCCCCCCCCCCC/C=C/C(O)C(COC1OC(CO)C(OC2OC(CO)C(O)C(O)C2O)C(O)C1O)NC(=O)CCCCCCCCC. The fraction of sp³-hybridized carbons (Fsp3) is 0.936. The third-order valence-corrected chi connectivity index (χ3v) is 12.2. The zero-order valence-electron chi connectivity index (χ0n) is 37.9. The Bertz CT molecular complexity index is 1080. The molecule has 2 rings (SSSR count). The normalized spacial score (nSPS) is 28.0. The number of unbranched alkanes of at least 4 members (excludes halogenated alkanes) is 24. The summed E-state index contributed by atoms with van der Waals surface area (Å²) < 4.78 is 22.6. The fourth-order valence-corrected chi connectivity index (χ4v) is 8.17. The second kappa shape index (κ2) is 35.0. The highest BCUT2D eigenvalue weighted by Crippen LogP contribution is 2.30. The van der Waals surface area contributed by atoms with Crippen molar-refractivity contribution in [3.8, 4) is 0 Å². The van der Waals surface area contributed by atoms with Gasteiger partial charge in [0.15, 0.2) is 12.6 Å². The molecule has 2 saturated heterocycles. The molecule has 9 N–H and O–H groups in total. The summed E-state index contributed by atoms with van der Waals surface area (Å²) in [5, 5.41) is 86.4. The predicted octanol–water partition coefficient (Wildman–Crippen LogP) is 5.60. The molecule has 2 aliphatic heterocycles. The Morgan fingerprint density at radius 2 is 1.02 bits per heavy atom. The van der Waals surface area contributed by atoms with Crippen LogP contribution in [0.25, 0.3) is 0 Å². The van der Waals surface area contributed by atoms with Crippen LogP contribution in [0.5, 0.6) is 0 Å². The maximum absolute atomic E-state index is 13.0. The summed E-state index contributed by atoms with van der Waals surface area (Å²) in [5.74, 6) is -0.246. The average Bonchev–Trinajstić information content (AvgIpc) is 3.26. The van der Waals surface area contributed by atoms with Gasteiger partial charge in [-0.2, -0.15) is 0 Å². The molecule has 2 fully saturated rings. The topological polar surface area (TPSA) is 228 Å². The lowest BCUT2D eigenvalue weighted by molar-refractivity contribution is -0.359. The van der Waals surface area contributed by atoms with E-state index in [1.807, 2.05) is 6.08 Å². The van der Waals surface area contributed by atoms with Gasteiger partial charge in [-0.1, -0.05) is 174 Å². The lowest BCUT2D eigenvalue weighted by atomic mass is 9.97. The van der Waals surface area contributed by atoms with Gasteiger partial charge in [0.05, 0.1) is 32.0 Å². The number of allylic oxidation sites excluding steroid dienone is 1. The predicted molar refractivity (Wildman–Crippen MR) is 235 cm³/mol. The number of aliphatic hydroxyl groups excluding tert-OH is 8. The maximum atomic E-state index is 13.0. The molecule has 0 aromatic rings. The van der Waals surface area contributed by atoms with Gasteiger partial charge in [-0.3, -0.25) is 4.79 Å². The number of hydrogen-bond acceptors (Lipinski definition) is 13. The number of nitrogens with one attached hydrogen (secondary N) is 1. The number of carbonyl (C=O) groups is 1.